The molecule has 0 aliphatic carbocycles. The van der Waals surface area contributed by atoms with E-state index in [0.717, 1.165) is 11.4 Å². The molecule has 0 saturated carbocycles. The average molecular weight is 252 g/mol. The molecule has 0 aliphatic rings. The Morgan fingerprint density at radius 1 is 1.00 bits per heavy atom. The summed E-state index contributed by atoms with van der Waals surface area (Å²) in [5.41, 5.74) is 2.05. The van der Waals surface area contributed by atoms with Gasteiger partial charge in [0.05, 0.1) is 0 Å². The fraction of sp³-hybridized carbons (Fsp3) is 0.750. The summed E-state index contributed by atoms with van der Waals surface area (Å²) in [6.07, 6.45) is 2.86. The summed E-state index contributed by atoms with van der Waals surface area (Å²) in [5.74, 6) is 0. The number of allylic oxidation sites excluding steroid dienone is 1. The van der Waals surface area contributed by atoms with Crippen LogP contribution in [0.3, 0.4) is 0 Å². The molecular weight excluding hydrogens is 220 g/mol. The minimum absolute atomic E-state index is 0.0155. The van der Waals surface area contributed by atoms with Crippen LogP contribution >= 0.6 is 0 Å². The van der Waals surface area contributed by atoms with E-state index >= 15 is 0 Å². The second-order valence-corrected chi connectivity index (χ2v) is 6.61. The lowest BCUT2D eigenvalue weighted by molar-refractivity contribution is 0.501. The molecule has 106 valence electrons. The summed E-state index contributed by atoms with van der Waals surface area (Å²) in [7, 11) is 0. The molecule has 0 bridgehead atoms. The third-order valence-electron chi connectivity index (χ3n) is 2.42. The molecule has 0 rings (SSSR count). The molecule has 2 nitrogen and oxygen atoms in total. The van der Waals surface area contributed by atoms with E-state index in [-0.39, 0.29) is 10.8 Å². The lowest BCUT2D eigenvalue weighted by Gasteiger charge is -2.18. The van der Waals surface area contributed by atoms with Crippen molar-refractivity contribution in [1.82, 2.24) is 0 Å². The van der Waals surface area contributed by atoms with E-state index in [1.54, 1.807) is 6.34 Å². The van der Waals surface area contributed by atoms with E-state index in [9.17, 15) is 0 Å². The average Bonchev–Trinajstić information content (AvgIpc) is 2.15. The lowest BCUT2D eigenvalue weighted by Crippen LogP contribution is -2.16. The first-order chi connectivity index (χ1) is 7.96. The molecule has 0 heterocycles. The molecule has 0 atom stereocenters. The number of rotatable bonds is 2. The van der Waals surface area contributed by atoms with Crippen LogP contribution in [0, 0.1) is 10.8 Å². The Hall–Kier alpha value is -0.920. The molecule has 0 N–H and O–H groups in total. The van der Waals surface area contributed by atoms with Crippen molar-refractivity contribution in [2.75, 3.05) is 0 Å². The maximum Gasteiger partial charge on any atom is 0.115 e. The molecule has 0 aromatic carbocycles. The molecule has 0 spiro atoms. The predicted octanol–water partition coefficient (Wildman–Crippen LogP) is 5.50. The van der Waals surface area contributed by atoms with E-state index < -0.39 is 0 Å². The summed E-state index contributed by atoms with van der Waals surface area (Å²) in [4.78, 5) is 8.56. The molecule has 0 saturated heterocycles. The van der Waals surface area contributed by atoms with Crippen LogP contribution in [0.25, 0.3) is 0 Å². The minimum atomic E-state index is 0.0155. The Balaban J connectivity index is 0. The summed E-state index contributed by atoms with van der Waals surface area (Å²) >= 11 is 0. The Morgan fingerprint density at radius 3 is 1.67 bits per heavy atom. The van der Waals surface area contributed by atoms with Crippen LogP contribution in [-0.2, 0) is 0 Å². The van der Waals surface area contributed by atoms with Gasteiger partial charge in [0.25, 0.3) is 0 Å². The maximum atomic E-state index is 4.31. The van der Waals surface area contributed by atoms with Gasteiger partial charge in [-0.3, -0.25) is 0 Å². The standard InChI is InChI=1S/C13H24N2.C3H8/c1-10(12(3,4)5)14-9-15-11(2)13(6,7)8;1-3-2/h9H,1H2,2-8H3;3H2,1-2H3. The van der Waals surface area contributed by atoms with Crippen molar-refractivity contribution in [3.8, 4) is 0 Å². The van der Waals surface area contributed by atoms with Gasteiger partial charge in [-0.2, -0.15) is 0 Å². The number of nitrogens with zero attached hydrogens (tertiary/aromatic N) is 2. The van der Waals surface area contributed by atoms with Crippen molar-refractivity contribution in [2.45, 2.75) is 68.7 Å². The van der Waals surface area contributed by atoms with Crippen LogP contribution in [-0.4, -0.2) is 12.1 Å². The summed E-state index contributed by atoms with van der Waals surface area (Å²) in [5, 5.41) is 0. The van der Waals surface area contributed by atoms with Gasteiger partial charge in [0.2, 0.25) is 0 Å². The highest BCUT2D eigenvalue weighted by Gasteiger charge is 2.14. The van der Waals surface area contributed by atoms with E-state index in [2.05, 4.69) is 72.0 Å². The lowest BCUT2D eigenvalue weighted by atomic mass is 9.91. The van der Waals surface area contributed by atoms with Gasteiger partial charge in [0.15, 0.2) is 0 Å². The molecular formula is C16H32N2. The number of hydrogen-bond donors (Lipinski definition) is 0. The summed E-state index contributed by atoms with van der Waals surface area (Å²) in [6, 6.07) is 0. The van der Waals surface area contributed by atoms with Crippen LogP contribution in [0.5, 0.6) is 0 Å². The van der Waals surface area contributed by atoms with Gasteiger partial charge < -0.3 is 0 Å². The van der Waals surface area contributed by atoms with Gasteiger partial charge in [-0.25, -0.2) is 9.98 Å². The zero-order chi connectivity index (χ0) is 15.0. The minimum Gasteiger partial charge on any atom is -0.246 e. The first kappa shape index (κ1) is 19.4. The number of aliphatic imine (C=N–C) groups is 2. The van der Waals surface area contributed by atoms with Crippen LogP contribution in [0.4, 0.5) is 0 Å². The summed E-state index contributed by atoms with van der Waals surface area (Å²) in [6.45, 7) is 22.9. The number of hydrogen-bond acceptors (Lipinski definition) is 1. The molecule has 2 heteroatoms. The van der Waals surface area contributed by atoms with Crippen molar-refractivity contribution in [2.24, 2.45) is 20.8 Å². The van der Waals surface area contributed by atoms with Crippen molar-refractivity contribution in [1.29, 1.82) is 0 Å². The highest BCUT2D eigenvalue weighted by atomic mass is 14.9. The zero-order valence-corrected chi connectivity index (χ0v) is 13.9. The monoisotopic (exact) mass is 252 g/mol. The van der Waals surface area contributed by atoms with E-state index in [0.29, 0.717) is 0 Å². The van der Waals surface area contributed by atoms with Gasteiger partial charge in [0.1, 0.15) is 6.34 Å². The van der Waals surface area contributed by atoms with Gasteiger partial charge in [0, 0.05) is 16.8 Å². The maximum absolute atomic E-state index is 4.31. The predicted molar refractivity (Wildman–Crippen MR) is 85.6 cm³/mol. The SMILES string of the molecule is C=C(N=CN=C(C)C(C)(C)C)C(C)(C)C.CCC. The van der Waals surface area contributed by atoms with E-state index in [4.69, 9.17) is 0 Å². The Kier molecular flexibility index (Phi) is 8.88. The quantitative estimate of drug-likeness (QED) is 0.458. The normalized spacial score (nSPS) is 13.3. The zero-order valence-electron chi connectivity index (χ0n) is 13.9. The Labute approximate surface area is 114 Å². The van der Waals surface area contributed by atoms with Gasteiger partial charge in [-0.15, -0.1) is 0 Å². The highest BCUT2D eigenvalue weighted by molar-refractivity contribution is 5.92. The molecule has 0 aromatic rings. The van der Waals surface area contributed by atoms with Gasteiger partial charge in [-0.05, 0) is 12.3 Å². The van der Waals surface area contributed by atoms with Crippen molar-refractivity contribution >= 4 is 12.1 Å². The molecule has 0 aromatic heterocycles. The van der Waals surface area contributed by atoms with Crippen molar-refractivity contribution in [3.63, 3.8) is 0 Å². The van der Waals surface area contributed by atoms with E-state index in [1.807, 2.05) is 6.92 Å². The van der Waals surface area contributed by atoms with Crippen LogP contribution in [0.15, 0.2) is 22.3 Å². The van der Waals surface area contributed by atoms with Crippen LogP contribution in [0.1, 0.15) is 68.7 Å². The molecule has 0 unspecified atom stereocenters. The molecule has 0 fully saturated rings. The van der Waals surface area contributed by atoms with Crippen molar-refractivity contribution < 1.29 is 0 Å². The summed E-state index contributed by atoms with van der Waals surface area (Å²) < 4.78 is 0. The molecule has 18 heavy (non-hydrogen) atoms. The smallest absolute Gasteiger partial charge is 0.115 e. The largest absolute Gasteiger partial charge is 0.246 e. The van der Waals surface area contributed by atoms with Crippen LogP contribution < -0.4 is 0 Å². The second kappa shape index (κ2) is 8.23. The van der Waals surface area contributed by atoms with Crippen LogP contribution in [0.2, 0.25) is 0 Å². The molecule has 0 amide bonds. The topological polar surface area (TPSA) is 24.7 Å². The Morgan fingerprint density at radius 2 is 1.39 bits per heavy atom. The molecule has 0 aliphatic heterocycles. The second-order valence-electron chi connectivity index (χ2n) is 6.61. The first-order valence-corrected chi connectivity index (χ1v) is 6.73. The fourth-order valence-electron chi connectivity index (χ4n) is 0.572. The van der Waals surface area contributed by atoms with Gasteiger partial charge >= 0.3 is 0 Å². The van der Waals surface area contributed by atoms with E-state index in [1.165, 1.54) is 6.42 Å². The third-order valence-corrected chi connectivity index (χ3v) is 2.42. The fourth-order valence-corrected chi connectivity index (χ4v) is 0.572. The molecule has 0 radical (unpaired) electrons. The highest BCUT2D eigenvalue weighted by Crippen LogP contribution is 2.23. The first-order valence-electron chi connectivity index (χ1n) is 6.73. The van der Waals surface area contributed by atoms with Crippen molar-refractivity contribution in [3.05, 3.63) is 12.3 Å². The Bertz CT molecular complexity index is 296. The van der Waals surface area contributed by atoms with Gasteiger partial charge in [-0.1, -0.05) is 68.4 Å². The third kappa shape index (κ3) is 10.2.